The molecule has 1 amide bonds. The summed E-state index contributed by atoms with van der Waals surface area (Å²) in [5, 5.41) is 30.5. The van der Waals surface area contributed by atoms with Crippen molar-refractivity contribution in [1.82, 2.24) is 5.32 Å². The standard InChI is InChI=1S/C25H26N4O5.C2H4O2/c1-33-19-12-17(13-20(14-19)34-2)21(28-18-10-8-16(9-11-18)23(26)27)24(30)29-22(25(31)32)15-6-4-3-5-7-15;1-2(3)4/h3-14,21-22,28H,1-2H3,(H3,26,27)(H,29,30)(H,31,32);1H3,(H,3,4)/t21-,22-;/m0./s1. The molecule has 0 aliphatic carbocycles. The fourth-order valence-electron chi connectivity index (χ4n) is 3.37. The molecule has 200 valence electrons. The number of ether oxygens (including phenoxy) is 2. The number of carboxylic acid groups (broad SMARTS) is 2. The number of hydrogen-bond acceptors (Lipinski definition) is 7. The lowest BCUT2D eigenvalue weighted by molar-refractivity contribution is -0.142. The molecule has 11 nitrogen and oxygen atoms in total. The van der Waals surface area contributed by atoms with Gasteiger partial charge in [-0.1, -0.05) is 30.3 Å². The van der Waals surface area contributed by atoms with Crippen molar-refractivity contribution in [3.63, 3.8) is 0 Å². The lowest BCUT2D eigenvalue weighted by Crippen LogP contribution is -2.39. The molecule has 38 heavy (non-hydrogen) atoms. The first-order valence-electron chi connectivity index (χ1n) is 11.3. The van der Waals surface area contributed by atoms with Gasteiger partial charge in [-0.2, -0.15) is 0 Å². The van der Waals surface area contributed by atoms with Crippen molar-refractivity contribution in [3.8, 4) is 11.5 Å². The molecule has 3 aromatic carbocycles. The van der Waals surface area contributed by atoms with Crippen LogP contribution >= 0.6 is 0 Å². The van der Waals surface area contributed by atoms with E-state index in [4.69, 9.17) is 30.5 Å². The average molecular weight is 523 g/mol. The number of carboxylic acids is 2. The van der Waals surface area contributed by atoms with Crippen molar-refractivity contribution >= 4 is 29.4 Å². The fraction of sp³-hybridized carbons (Fsp3) is 0.185. The number of amidine groups is 1. The van der Waals surface area contributed by atoms with Crippen molar-refractivity contribution in [2.75, 3.05) is 19.5 Å². The minimum atomic E-state index is -1.24. The molecule has 0 fully saturated rings. The van der Waals surface area contributed by atoms with Crippen LogP contribution in [0.25, 0.3) is 0 Å². The Hall–Kier alpha value is -5.06. The Bertz CT molecular complexity index is 1240. The third-order valence-corrected chi connectivity index (χ3v) is 5.14. The van der Waals surface area contributed by atoms with Crippen molar-refractivity contribution in [2.24, 2.45) is 5.73 Å². The Morgan fingerprint density at radius 2 is 1.37 bits per heavy atom. The molecule has 0 saturated heterocycles. The first kappa shape index (κ1) is 29.2. The summed E-state index contributed by atoms with van der Waals surface area (Å²) in [7, 11) is 2.99. The Morgan fingerprint density at radius 3 is 1.82 bits per heavy atom. The topological polar surface area (TPSA) is 184 Å². The van der Waals surface area contributed by atoms with Gasteiger partial charge in [0.05, 0.1) is 14.2 Å². The number of nitrogens with one attached hydrogen (secondary N) is 3. The highest BCUT2D eigenvalue weighted by Crippen LogP contribution is 2.29. The van der Waals surface area contributed by atoms with Crippen molar-refractivity contribution in [3.05, 3.63) is 89.5 Å². The van der Waals surface area contributed by atoms with Crippen LogP contribution in [0.3, 0.4) is 0 Å². The lowest BCUT2D eigenvalue weighted by atomic mass is 10.0. The summed E-state index contributed by atoms with van der Waals surface area (Å²) < 4.78 is 10.7. The van der Waals surface area contributed by atoms with Crippen LogP contribution in [0.1, 0.15) is 35.7 Å². The molecular formula is C27H30N4O7. The predicted molar refractivity (Wildman–Crippen MR) is 142 cm³/mol. The first-order chi connectivity index (χ1) is 18.0. The molecule has 0 bridgehead atoms. The number of rotatable bonds is 10. The van der Waals surface area contributed by atoms with Crippen LogP contribution in [-0.2, 0) is 14.4 Å². The molecule has 2 atom stereocenters. The maximum absolute atomic E-state index is 13.4. The summed E-state index contributed by atoms with van der Waals surface area (Å²) in [5.41, 5.74) is 7.56. The summed E-state index contributed by atoms with van der Waals surface area (Å²) >= 11 is 0. The van der Waals surface area contributed by atoms with Gasteiger partial charge in [0, 0.05) is 24.2 Å². The minimum absolute atomic E-state index is 0.0782. The second-order valence-corrected chi connectivity index (χ2v) is 7.92. The van der Waals surface area contributed by atoms with Gasteiger partial charge in [0.2, 0.25) is 5.91 Å². The zero-order valence-electron chi connectivity index (χ0n) is 21.1. The third-order valence-electron chi connectivity index (χ3n) is 5.14. The number of aliphatic carboxylic acids is 2. The van der Waals surface area contributed by atoms with Gasteiger partial charge in [0.15, 0.2) is 6.04 Å². The number of carbonyl (C=O) groups excluding carboxylic acids is 1. The van der Waals surface area contributed by atoms with E-state index in [1.54, 1.807) is 72.8 Å². The summed E-state index contributed by atoms with van der Waals surface area (Å²) in [6.07, 6.45) is 0. The van der Waals surface area contributed by atoms with Crippen LogP contribution < -0.4 is 25.8 Å². The van der Waals surface area contributed by atoms with Gasteiger partial charge >= 0.3 is 5.97 Å². The van der Waals surface area contributed by atoms with Crippen LogP contribution in [0.15, 0.2) is 72.8 Å². The van der Waals surface area contributed by atoms with Crippen molar-refractivity contribution in [1.29, 1.82) is 5.41 Å². The number of carbonyl (C=O) groups is 3. The Morgan fingerprint density at radius 1 is 0.842 bits per heavy atom. The molecule has 0 aromatic heterocycles. The van der Waals surface area contributed by atoms with Gasteiger partial charge in [-0.25, -0.2) is 4.79 Å². The Labute approximate surface area is 219 Å². The minimum Gasteiger partial charge on any atom is -0.497 e. The number of benzene rings is 3. The van der Waals surface area contributed by atoms with Gasteiger partial charge < -0.3 is 36.1 Å². The largest absolute Gasteiger partial charge is 0.497 e. The molecule has 0 aliphatic heterocycles. The first-order valence-corrected chi connectivity index (χ1v) is 11.3. The smallest absolute Gasteiger partial charge is 0.330 e. The van der Waals surface area contributed by atoms with E-state index in [1.165, 1.54) is 14.2 Å². The van der Waals surface area contributed by atoms with Crippen LogP contribution in [0.5, 0.6) is 11.5 Å². The normalized spacial score (nSPS) is 11.6. The quantitative estimate of drug-likeness (QED) is 0.172. The van der Waals surface area contributed by atoms with E-state index < -0.39 is 29.9 Å². The molecule has 0 heterocycles. The van der Waals surface area contributed by atoms with Crippen LogP contribution in [-0.4, -0.2) is 48.1 Å². The van der Waals surface area contributed by atoms with Crippen LogP contribution in [0.2, 0.25) is 0 Å². The van der Waals surface area contributed by atoms with E-state index in [0.29, 0.717) is 33.9 Å². The molecule has 0 radical (unpaired) electrons. The average Bonchev–Trinajstić information content (AvgIpc) is 2.90. The van der Waals surface area contributed by atoms with Crippen molar-refractivity contribution < 1.29 is 34.1 Å². The zero-order chi connectivity index (χ0) is 28.2. The maximum Gasteiger partial charge on any atom is 0.330 e. The second kappa shape index (κ2) is 13.9. The van der Waals surface area contributed by atoms with Crippen LogP contribution in [0.4, 0.5) is 5.69 Å². The van der Waals surface area contributed by atoms with Crippen molar-refractivity contribution in [2.45, 2.75) is 19.0 Å². The van der Waals surface area contributed by atoms with Crippen LogP contribution in [0, 0.1) is 5.41 Å². The molecule has 0 spiro atoms. The lowest BCUT2D eigenvalue weighted by Gasteiger charge is -2.24. The highest BCUT2D eigenvalue weighted by molar-refractivity contribution is 5.95. The Kier molecular flexibility index (Phi) is 10.7. The second-order valence-electron chi connectivity index (χ2n) is 7.92. The number of nitrogens with two attached hydrogens (primary N) is 1. The summed E-state index contributed by atoms with van der Waals surface area (Å²) in [6, 6.07) is 17.9. The molecule has 3 rings (SSSR count). The molecule has 11 heteroatoms. The molecule has 0 unspecified atom stereocenters. The summed E-state index contributed by atoms with van der Waals surface area (Å²) in [6.45, 7) is 1.08. The highest BCUT2D eigenvalue weighted by atomic mass is 16.5. The number of methoxy groups -OCH3 is 2. The van der Waals surface area contributed by atoms with Gasteiger partial charge in [0.25, 0.3) is 5.97 Å². The third kappa shape index (κ3) is 8.55. The zero-order valence-corrected chi connectivity index (χ0v) is 21.1. The number of anilines is 1. The fourth-order valence-corrected chi connectivity index (χ4v) is 3.37. The highest BCUT2D eigenvalue weighted by Gasteiger charge is 2.28. The molecule has 7 N–H and O–H groups in total. The van der Waals surface area contributed by atoms with E-state index in [1.807, 2.05) is 0 Å². The summed E-state index contributed by atoms with van der Waals surface area (Å²) in [5.74, 6) is -1.72. The number of nitrogen functional groups attached to an aromatic ring is 1. The van der Waals surface area contributed by atoms with Gasteiger partial charge in [0.1, 0.15) is 23.4 Å². The van der Waals surface area contributed by atoms with E-state index >= 15 is 0 Å². The predicted octanol–water partition coefficient (Wildman–Crippen LogP) is 3.17. The maximum atomic E-state index is 13.4. The molecule has 0 saturated carbocycles. The van der Waals surface area contributed by atoms with E-state index in [-0.39, 0.29) is 5.84 Å². The molecule has 3 aromatic rings. The molecule has 0 aliphatic rings. The van der Waals surface area contributed by atoms with Gasteiger partial charge in [-0.05, 0) is 47.5 Å². The Balaban J connectivity index is 0.00000118. The van der Waals surface area contributed by atoms with Gasteiger partial charge in [-0.15, -0.1) is 0 Å². The number of amides is 1. The number of hydrogen-bond donors (Lipinski definition) is 6. The molecular weight excluding hydrogens is 492 g/mol. The SMILES string of the molecule is CC(=O)O.COc1cc(OC)cc([C@H](Nc2ccc(C(=N)N)cc2)C(=O)N[C@H](C(=O)O)c2ccccc2)c1. The van der Waals surface area contributed by atoms with E-state index in [2.05, 4.69) is 10.6 Å². The summed E-state index contributed by atoms with van der Waals surface area (Å²) in [4.78, 5) is 34.4. The van der Waals surface area contributed by atoms with Gasteiger partial charge in [-0.3, -0.25) is 15.0 Å². The monoisotopic (exact) mass is 522 g/mol. The van der Waals surface area contributed by atoms with E-state index in [0.717, 1.165) is 6.92 Å². The van der Waals surface area contributed by atoms with E-state index in [9.17, 15) is 14.7 Å².